The molecule has 2 saturated heterocycles. The van der Waals surface area contributed by atoms with Crippen LogP contribution in [0.4, 0.5) is 10.5 Å². The molecule has 3 rings (SSSR count). The van der Waals surface area contributed by atoms with E-state index in [-0.39, 0.29) is 30.6 Å². The summed E-state index contributed by atoms with van der Waals surface area (Å²) in [6, 6.07) is 6.70. The molecule has 2 heterocycles. The first kappa shape index (κ1) is 15.1. The van der Waals surface area contributed by atoms with Gasteiger partial charge in [-0.25, -0.2) is 4.79 Å². The third-order valence-corrected chi connectivity index (χ3v) is 4.39. The van der Waals surface area contributed by atoms with Gasteiger partial charge < -0.3 is 19.9 Å². The van der Waals surface area contributed by atoms with E-state index < -0.39 is 0 Å². The Hall–Kier alpha value is -1.79. The molecule has 0 spiro atoms. The van der Waals surface area contributed by atoms with Crippen molar-refractivity contribution in [1.29, 1.82) is 0 Å². The fraction of sp³-hybridized carbons (Fsp3) is 0.467. The number of fused-ring (bicyclic) bond motifs is 1. The second-order valence-corrected chi connectivity index (χ2v) is 6.05. The number of rotatable bonds is 2. The Bertz CT molecular complexity index is 595. The van der Waals surface area contributed by atoms with Gasteiger partial charge >= 0.3 is 6.03 Å². The number of halogens is 1. The first-order chi connectivity index (χ1) is 10.6. The van der Waals surface area contributed by atoms with Gasteiger partial charge in [-0.3, -0.25) is 4.79 Å². The van der Waals surface area contributed by atoms with Crippen molar-refractivity contribution in [3.63, 3.8) is 0 Å². The molecular weight excluding hydrogens is 306 g/mol. The minimum Gasteiger partial charge on any atom is -0.380 e. The Morgan fingerprint density at radius 2 is 2.23 bits per heavy atom. The lowest BCUT2D eigenvalue weighted by molar-refractivity contribution is -0.136. The van der Waals surface area contributed by atoms with Gasteiger partial charge in [0.15, 0.2) is 0 Å². The Morgan fingerprint density at radius 1 is 1.41 bits per heavy atom. The summed E-state index contributed by atoms with van der Waals surface area (Å²) >= 11 is 5.90. The van der Waals surface area contributed by atoms with Gasteiger partial charge in [-0.15, -0.1) is 0 Å². The lowest BCUT2D eigenvalue weighted by Gasteiger charge is -2.36. The van der Waals surface area contributed by atoms with Crippen LogP contribution < -0.4 is 5.32 Å². The third-order valence-electron chi connectivity index (χ3n) is 4.15. The van der Waals surface area contributed by atoms with Crippen molar-refractivity contribution in [2.45, 2.75) is 18.6 Å². The SMILES string of the molecule is CO[C@H]1C[C@H]2CN(C(=O)Nc3cccc(Cl)c3)CC(=O)N2C1. The van der Waals surface area contributed by atoms with Crippen LogP contribution in [-0.4, -0.2) is 60.6 Å². The number of carbonyl (C=O) groups is 2. The molecule has 0 aliphatic carbocycles. The molecule has 1 aromatic carbocycles. The van der Waals surface area contributed by atoms with Crippen LogP contribution in [0.3, 0.4) is 0 Å². The number of piperazine rings is 1. The fourth-order valence-corrected chi connectivity index (χ4v) is 3.21. The third kappa shape index (κ3) is 3.03. The molecule has 1 N–H and O–H groups in total. The van der Waals surface area contributed by atoms with E-state index in [1.165, 1.54) is 0 Å². The summed E-state index contributed by atoms with van der Waals surface area (Å²) in [6.07, 6.45) is 0.827. The lowest BCUT2D eigenvalue weighted by atomic mass is 10.1. The van der Waals surface area contributed by atoms with Crippen molar-refractivity contribution in [1.82, 2.24) is 9.80 Å². The summed E-state index contributed by atoms with van der Waals surface area (Å²) < 4.78 is 5.33. The van der Waals surface area contributed by atoms with Crippen LogP contribution in [0.1, 0.15) is 6.42 Å². The van der Waals surface area contributed by atoms with Crippen LogP contribution in [0, 0.1) is 0 Å². The van der Waals surface area contributed by atoms with Gasteiger partial charge in [-0.1, -0.05) is 17.7 Å². The number of hydrogen-bond acceptors (Lipinski definition) is 3. The topological polar surface area (TPSA) is 61.9 Å². The number of nitrogens with zero attached hydrogens (tertiary/aromatic N) is 2. The summed E-state index contributed by atoms with van der Waals surface area (Å²) in [6.45, 7) is 1.24. The van der Waals surface area contributed by atoms with Crippen LogP contribution in [0.2, 0.25) is 5.02 Å². The molecule has 1 aromatic rings. The maximum atomic E-state index is 12.3. The van der Waals surface area contributed by atoms with Crippen LogP contribution in [0.15, 0.2) is 24.3 Å². The Morgan fingerprint density at radius 3 is 2.95 bits per heavy atom. The van der Waals surface area contributed by atoms with Gasteiger partial charge in [-0.05, 0) is 24.6 Å². The molecule has 2 aliphatic heterocycles. The van der Waals surface area contributed by atoms with E-state index in [0.29, 0.717) is 23.8 Å². The number of carbonyl (C=O) groups excluding carboxylic acids is 2. The molecule has 2 atom stereocenters. The van der Waals surface area contributed by atoms with Crippen molar-refractivity contribution >= 4 is 29.2 Å². The molecule has 2 fully saturated rings. The van der Waals surface area contributed by atoms with Crippen LogP contribution in [0.5, 0.6) is 0 Å². The highest BCUT2D eigenvalue weighted by Crippen LogP contribution is 2.25. The molecule has 2 aliphatic rings. The number of anilines is 1. The summed E-state index contributed by atoms with van der Waals surface area (Å²) in [5, 5.41) is 3.33. The van der Waals surface area contributed by atoms with Crippen LogP contribution in [0.25, 0.3) is 0 Å². The number of nitrogens with one attached hydrogen (secondary N) is 1. The standard InChI is InChI=1S/C15H18ClN3O3/c1-22-13-6-12-7-18(9-14(20)19(12)8-13)15(21)17-11-4-2-3-10(16)5-11/h2-5,12-13H,6-9H2,1H3,(H,17,21)/t12-,13-/m0/s1. The van der Waals surface area contributed by atoms with E-state index in [9.17, 15) is 9.59 Å². The second-order valence-electron chi connectivity index (χ2n) is 5.61. The number of methoxy groups -OCH3 is 1. The molecule has 118 valence electrons. The van der Waals surface area contributed by atoms with Gasteiger partial charge in [-0.2, -0.15) is 0 Å². The molecule has 0 bridgehead atoms. The zero-order chi connectivity index (χ0) is 15.7. The molecule has 7 heteroatoms. The zero-order valence-corrected chi connectivity index (χ0v) is 13.0. The number of hydrogen-bond donors (Lipinski definition) is 1. The minimum absolute atomic E-state index is 0.0305. The molecule has 0 unspecified atom stereocenters. The number of ether oxygens (including phenoxy) is 1. The van der Waals surface area contributed by atoms with Crippen molar-refractivity contribution in [2.75, 3.05) is 32.1 Å². The average molecular weight is 324 g/mol. The van der Waals surface area contributed by atoms with Crippen molar-refractivity contribution < 1.29 is 14.3 Å². The van der Waals surface area contributed by atoms with Gasteiger partial charge in [0, 0.05) is 30.9 Å². The van der Waals surface area contributed by atoms with Crippen molar-refractivity contribution in [3.8, 4) is 0 Å². The molecule has 0 saturated carbocycles. The highest BCUT2D eigenvalue weighted by atomic mass is 35.5. The summed E-state index contributed by atoms with van der Waals surface area (Å²) in [5.74, 6) is -0.0305. The molecule has 0 radical (unpaired) electrons. The number of benzene rings is 1. The van der Waals surface area contributed by atoms with Crippen molar-refractivity contribution in [2.24, 2.45) is 0 Å². The predicted molar refractivity (Wildman–Crippen MR) is 83.0 cm³/mol. The Labute approximate surface area is 134 Å². The predicted octanol–water partition coefficient (Wildman–Crippen LogP) is 1.80. The Kier molecular flexibility index (Phi) is 4.22. The number of urea groups is 1. The van der Waals surface area contributed by atoms with E-state index in [1.807, 2.05) is 4.90 Å². The molecule has 6 nitrogen and oxygen atoms in total. The van der Waals surface area contributed by atoms with Crippen LogP contribution >= 0.6 is 11.6 Å². The minimum atomic E-state index is -0.281. The zero-order valence-electron chi connectivity index (χ0n) is 12.3. The average Bonchev–Trinajstić information content (AvgIpc) is 2.91. The largest absolute Gasteiger partial charge is 0.380 e. The highest BCUT2D eigenvalue weighted by molar-refractivity contribution is 6.30. The molecule has 22 heavy (non-hydrogen) atoms. The van der Waals surface area contributed by atoms with E-state index in [4.69, 9.17) is 16.3 Å². The quantitative estimate of drug-likeness (QED) is 0.903. The first-order valence-corrected chi connectivity index (χ1v) is 7.58. The first-order valence-electron chi connectivity index (χ1n) is 7.20. The van der Waals surface area contributed by atoms with E-state index in [1.54, 1.807) is 36.3 Å². The number of amides is 3. The molecule has 0 aromatic heterocycles. The van der Waals surface area contributed by atoms with Crippen molar-refractivity contribution in [3.05, 3.63) is 29.3 Å². The monoisotopic (exact) mass is 323 g/mol. The van der Waals surface area contributed by atoms with Gasteiger partial charge in [0.25, 0.3) is 0 Å². The van der Waals surface area contributed by atoms with E-state index in [2.05, 4.69) is 5.32 Å². The van der Waals surface area contributed by atoms with E-state index >= 15 is 0 Å². The fourth-order valence-electron chi connectivity index (χ4n) is 3.02. The van der Waals surface area contributed by atoms with Gasteiger partial charge in [0.2, 0.25) is 5.91 Å². The molecule has 3 amide bonds. The lowest BCUT2D eigenvalue weighted by Crippen LogP contribution is -2.56. The summed E-state index contributed by atoms with van der Waals surface area (Å²) in [7, 11) is 1.65. The molecular formula is C15H18ClN3O3. The van der Waals surface area contributed by atoms with E-state index in [0.717, 1.165) is 6.42 Å². The van der Waals surface area contributed by atoms with Gasteiger partial charge in [0.1, 0.15) is 6.54 Å². The maximum Gasteiger partial charge on any atom is 0.322 e. The summed E-state index contributed by atoms with van der Waals surface area (Å²) in [4.78, 5) is 27.9. The van der Waals surface area contributed by atoms with Crippen LogP contribution in [-0.2, 0) is 9.53 Å². The normalized spacial score (nSPS) is 24.4. The maximum absolute atomic E-state index is 12.3. The Balaban J connectivity index is 1.65. The smallest absolute Gasteiger partial charge is 0.322 e. The highest BCUT2D eigenvalue weighted by Gasteiger charge is 2.41. The van der Waals surface area contributed by atoms with Gasteiger partial charge in [0.05, 0.1) is 12.1 Å². The summed E-state index contributed by atoms with van der Waals surface area (Å²) in [5.41, 5.74) is 0.619. The second kappa shape index (κ2) is 6.14.